The first kappa shape index (κ1) is 13.9. The third kappa shape index (κ3) is 4.32. The highest BCUT2D eigenvalue weighted by Crippen LogP contribution is 2.26. The molecule has 0 aromatic carbocycles. The van der Waals surface area contributed by atoms with Crippen LogP contribution in [-0.4, -0.2) is 39.8 Å². The summed E-state index contributed by atoms with van der Waals surface area (Å²) in [5.41, 5.74) is 0. The van der Waals surface area contributed by atoms with E-state index in [0.29, 0.717) is 13.0 Å². The van der Waals surface area contributed by atoms with Crippen molar-refractivity contribution >= 4 is 29.0 Å². The lowest BCUT2D eigenvalue weighted by Crippen LogP contribution is -2.33. The first-order chi connectivity index (χ1) is 8.04. The predicted octanol–water partition coefficient (Wildman–Crippen LogP) is 1.70. The Morgan fingerprint density at radius 1 is 1.65 bits per heavy atom. The van der Waals surface area contributed by atoms with E-state index in [1.54, 1.807) is 11.9 Å². The van der Waals surface area contributed by atoms with Crippen LogP contribution >= 0.6 is 23.1 Å². The minimum atomic E-state index is -0.203. The fourth-order valence-corrected chi connectivity index (χ4v) is 3.24. The Labute approximate surface area is 109 Å². The smallest absolute Gasteiger partial charge is 0.235 e. The minimum Gasteiger partial charge on any atom is -0.344 e. The summed E-state index contributed by atoms with van der Waals surface area (Å²) < 4.78 is 0.803. The van der Waals surface area contributed by atoms with Gasteiger partial charge < -0.3 is 4.90 Å². The van der Waals surface area contributed by atoms with E-state index in [2.05, 4.69) is 10.2 Å². The van der Waals surface area contributed by atoms with Crippen LogP contribution in [-0.2, 0) is 4.79 Å². The SMILES string of the molecule is Cc1nnc(S[C@@H](C)C(=O)N(C)CCC#N)s1. The van der Waals surface area contributed by atoms with Crippen LogP contribution in [0.4, 0.5) is 0 Å². The van der Waals surface area contributed by atoms with E-state index < -0.39 is 0 Å². The Balaban J connectivity index is 2.49. The van der Waals surface area contributed by atoms with Gasteiger partial charge in [-0.25, -0.2) is 0 Å². The molecule has 0 radical (unpaired) electrons. The number of carbonyl (C=O) groups excluding carboxylic acids is 1. The third-order valence-corrected chi connectivity index (χ3v) is 4.08. The Kier molecular flexibility index (Phi) is 5.38. The molecule has 0 saturated carbocycles. The summed E-state index contributed by atoms with van der Waals surface area (Å²) in [7, 11) is 1.71. The van der Waals surface area contributed by atoms with Crippen LogP contribution in [0.2, 0.25) is 0 Å². The molecule has 1 heterocycles. The Morgan fingerprint density at radius 2 is 2.35 bits per heavy atom. The van der Waals surface area contributed by atoms with Crippen LogP contribution < -0.4 is 0 Å². The molecule has 5 nitrogen and oxygen atoms in total. The maximum atomic E-state index is 11.9. The van der Waals surface area contributed by atoms with E-state index in [4.69, 9.17) is 5.26 Å². The zero-order valence-electron chi connectivity index (χ0n) is 10.0. The molecule has 1 rings (SSSR count). The minimum absolute atomic E-state index is 0.0121. The normalized spacial score (nSPS) is 11.9. The van der Waals surface area contributed by atoms with Crippen LogP contribution in [0.25, 0.3) is 0 Å². The summed E-state index contributed by atoms with van der Waals surface area (Å²) in [4.78, 5) is 13.5. The molecule has 1 aromatic rings. The molecule has 17 heavy (non-hydrogen) atoms. The van der Waals surface area contributed by atoms with Gasteiger partial charge in [0.25, 0.3) is 0 Å². The highest BCUT2D eigenvalue weighted by atomic mass is 32.2. The van der Waals surface area contributed by atoms with Crippen LogP contribution in [0.3, 0.4) is 0 Å². The standard InChI is InChI=1S/C10H14N4OS2/c1-7(9(15)14(3)6-4-5-11)16-10-13-12-8(2)17-10/h7H,4,6H2,1-3H3/t7-/m0/s1. The van der Waals surface area contributed by atoms with Crippen LogP contribution in [0.15, 0.2) is 4.34 Å². The number of rotatable bonds is 5. The van der Waals surface area contributed by atoms with E-state index in [0.717, 1.165) is 9.35 Å². The second-order valence-corrected chi connectivity index (χ2v) is 6.28. The molecule has 0 bridgehead atoms. The van der Waals surface area contributed by atoms with Crippen molar-refractivity contribution in [1.29, 1.82) is 5.26 Å². The number of hydrogen-bond donors (Lipinski definition) is 0. The van der Waals surface area contributed by atoms with Crippen molar-refractivity contribution in [2.45, 2.75) is 29.9 Å². The highest BCUT2D eigenvalue weighted by molar-refractivity contribution is 8.02. The molecule has 1 aromatic heterocycles. The molecule has 0 N–H and O–H groups in total. The third-order valence-electron chi connectivity index (χ3n) is 2.07. The lowest BCUT2D eigenvalue weighted by molar-refractivity contribution is -0.128. The molecule has 0 aliphatic rings. The van der Waals surface area contributed by atoms with Gasteiger partial charge in [-0.05, 0) is 13.8 Å². The van der Waals surface area contributed by atoms with Crippen molar-refractivity contribution in [3.05, 3.63) is 5.01 Å². The van der Waals surface area contributed by atoms with Gasteiger partial charge in [-0.15, -0.1) is 10.2 Å². The maximum Gasteiger partial charge on any atom is 0.235 e. The molecular formula is C10H14N4OS2. The Morgan fingerprint density at radius 3 is 2.88 bits per heavy atom. The first-order valence-electron chi connectivity index (χ1n) is 5.13. The topological polar surface area (TPSA) is 69.9 Å². The quantitative estimate of drug-likeness (QED) is 0.762. The molecule has 0 aliphatic carbocycles. The Bertz CT molecular complexity index is 426. The number of aryl methyl sites for hydroxylation is 1. The zero-order chi connectivity index (χ0) is 12.8. The van der Waals surface area contributed by atoms with Crippen molar-refractivity contribution in [3.63, 3.8) is 0 Å². The molecule has 1 atom stereocenters. The van der Waals surface area contributed by atoms with Crippen molar-refractivity contribution in [2.75, 3.05) is 13.6 Å². The Hall–Kier alpha value is -1.13. The summed E-state index contributed by atoms with van der Waals surface area (Å²) in [6, 6.07) is 2.02. The van der Waals surface area contributed by atoms with Gasteiger partial charge >= 0.3 is 0 Å². The summed E-state index contributed by atoms with van der Waals surface area (Å²) in [5, 5.41) is 17.0. The van der Waals surface area contributed by atoms with Gasteiger partial charge in [-0.1, -0.05) is 23.1 Å². The molecular weight excluding hydrogens is 256 g/mol. The van der Waals surface area contributed by atoms with Crippen molar-refractivity contribution in [1.82, 2.24) is 15.1 Å². The molecule has 1 amide bonds. The van der Waals surface area contributed by atoms with Crippen LogP contribution in [0.1, 0.15) is 18.4 Å². The molecule has 92 valence electrons. The van der Waals surface area contributed by atoms with E-state index >= 15 is 0 Å². The average molecular weight is 270 g/mol. The van der Waals surface area contributed by atoms with Crippen LogP contribution in [0, 0.1) is 18.3 Å². The number of aromatic nitrogens is 2. The lowest BCUT2D eigenvalue weighted by Gasteiger charge is -2.18. The van der Waals surface area contributed by atoms with Crippen molar-refractivity contribution in [2.24, 2.45) is 0 Å². The second kappa shape index (κ2) is 6.57. The average Bonchev–Trinajstić information content (AvgIpc) is 2.70. The fraction of sp³-hybridized carbons (Fsp3) is 0.600. The number of amides is 1. The van der Waals surface area contributed by atoms with Gasteiger partial charge in [-0.2, -0.15) is 5.26 Å². The molecule has 0 saturated heterocycles. The van der Waals surface area contributed by atoms with Crippen molar-refractivity contribution < 1.29 is 4.79 Å². The summed E-state index contributed by atoms with van der Waals surface area (Å²) in [6.07, 6.45) is 0.359. The predicted molar refractivity (Wildman–Crippen MR) is 67.8 cm³/mol. The summed E-state index contributed by atoms with van der Waals surface area (Å²) in [5.74, 6) is 0.0121. The van der Waals surface area contributed by atoms with E-state index in [9.17, 15) is 4.79 Å². The highest BCUT2D eigenvalue weighted by Gasteiger charge is 2.19. The van der Waals surface area contributed by atoms with Gasteiger partial charge in [-0.3, -0.25) is 4.79 Å². The largest absolute Gasteiger partial charge is 0.344 e. The molecule has 0 spiro atoms. The number of nitrogens with zero attached hydrogens (tertiary/aromatic N) is 4. The van der Waals surface area contributed by atoms with E-state index in [1.807, 2.05) is 19.9 Å². The molecule has 0 unspecified atom stereocenters. The lowest BCUT2D eigenvalue weighted by atomic mass is 10.3. The molecule has 0 fully saturated rings. The van der Waals surface area contributed by atoms with Gasteiger partial charge in [0, 0.05) is 13.6 Å². The number of hydrogen-bond acceptors (Lipinski definition) is 6. The summed E-state index contributed by atoms with van der Waals surface area (Å²) in [6.45, 7) is 4.19. The van der Waals surface area contributed by atoms with Gasteiger partial charge in [0.05, 0.1) is 17.7 Å². The van der Waals surface area contributed by atoms with E-state index in [-0.39, 0.29) is 11.2 Å². The first-order valence-corrected chi connectivity index (χ1v) is 6.83. The molecule has 7 heteroatoms. The van der Waals surface area contributed by atoms with Gasteiger partial charge in [0.15, 0.2) is 4.34 Å². The maximum absolute atomic E-state index is 11.9. The number of thioether (sulfide) groups is 1. The number of carbonyl (C=O) groups is 1. The monoisotopic (exact) mass is 270 g/mol. The summed E-state index contributed by atoms with van der Waals surface area (Å²) >= 11 is 2.89. The van der Waals surface area contributed by atoms with Gasteiger partial charge in [0.1, 0.15) is 5.01 Å². The molecule has 0 aliphatic heterocycles. The second-order valence-electron chi connectivity index (χ2n) is 3.51. The van der Waals surface area contributed by atoms with E-state index in [1.165, 1.54) is 23.1 Å². The van der Waals surface area contributed by atoms with Crippen LogP contribution in [0.5, 0.6) is 0 Å². The van der Waals surface area contributed by atoms with Crippen molar-refractivity contribution in [3.8, 4) is 6.07 Å². The van der Waals surface area contributed by atoms with Gasteiger partial charge in [0.2, 0.25) is 5.91 Å². The number of nitriles is 1. The zero-order valence-corrected chi connectivity index (χ0v) is 11.6. The fourth-order valence-electron chi connectivity index (χ4n) is 1.17.